The summed E-state index contributed by atoms with van der Waals surface area (Å²) >= 11 is 1.40. The Labute approximate surface area is 90.3 Å². The molecule has 0 bridgehead atoms. The van der Waals surface area contributed by atoms with Gasteiger partial charge in [0.25, 0.3) is 5.92 Å². The summed E-state index contributed by atoms with van der Waals surface area (Å²) < 4.78 is 25.7. The Morgan fingerprint density at radius 3 is 2.60 bits per heavy atom. The highest BCUT2D eigenvalue weighted by atomic mass is 32.1. The maximum Gasteiger partial charge on any atom is 0.266 e. The normalized spacial score (nSPS) is 29.3. The van der Waals surface area contributed by atoms with Crippen molar-refractivity contribution in [2.75, 3.05) is 0 Å². The van der Waals surface area contributed by atoms with E-state index >= 15 is 0 Å². The molecule has 1 atom stereocenters. The standard InChI is InChI=1S/C10H11F2NOS/c1-7-13-8(6-15-7)9(14)2-4-10(11,12)5-3-9/h2,4,6,14H,3,5H2,1H3. The minimum atomic E-state index is -2.79. The van der Waals surface area contributed by atoms with Crippen molar-refractivity contribution in [3.05, 3.63) is 28.2 Å². The second-order valence-electron chi connectivity index (χ2n) is 3.77. The van der Waals surface area contributed by atoms with E-state index in [9.17, 15) is 13.9 Å². The van der Waals surface area contributed by atoms with Crippen LogP contribution in [0.1, 0.15) is 23.5 Å². The van der Waals surface area contributed by atoms with Gasteiger partial charge in [0.2, 0.25) is 0 Å². The van der Waals surface area contributed by atoms with Crippen molar-refractivity contribution in [3.63, 3.8) is 0 Å². The predicted octanol–water partition coefficient (Wildman–Crippen LogP) is 2.62. The van der Waals surface area contributed by atoms with E-state index < -0.39 is 11.5 Å². The van der Waals surface area contributed by atoms with Crippen LogP contribution in [0.5, 0.6) is 0 Å². The van der Waals surface area contributed by atoms with Gasteiger partial charge in [-0.2, -0.15) is 0 Å². The Bertz CT molecular complexity index is 402. The minimum Gasteiger partial charge on any atom is -0.379 e. The molecule has 0 saturated heterocycles. The number of aromatic nitrogens is 1. The van der Waals surface area contributed by atoms with E-state index in [4.69, 9.17) is 0 Å². The first-order chi connectivity index (χ1) is 6.91. The largest absolute Gasteiger partial charge is 0.379 e. The summed E-state index contributed by atoms with van der Waals surface area (Å²) in [5, 5.41) is 12.6. The summed E-state index contributed by atoms with van der Waals surface area (Å²) in [4.78, 5) is 4.13. The first-order valence-corrected chi connectivity index (χ1v) is 5.52. The van der Waals surface area contributed by atoms with Crippen molar-refractivity contribution in [1.82, 2.24) is 4.98 Å². The molecule has 1 aliphatic rings. The van der Waals surface area contributed by atoms with E-state index in [1.54, 1.807) is 5.38 Å². The van der Waals surface area contributed by atoms with Crippen LogP contribution in [0, 0.1) is 6.92 Å². The third-order valence-corrected chi connectivity index (χ3v) is 3.28. The van der Waals surface area contributed by atoms with Crippen molar-refractivity contribution in [3.8, 4) is 0 Å². The van der Waals surface area contributed by atoms with Crippen molar-refractivity contribution < 1.29 is 13.9 Å². The van der Waals surface area contributed by atoms with Crippen LogP contribution in [-0.4, -0.2) is 16.0 Å². The van der Waals surface area contributed by atoms with Gasteiger partial charge in [-0.3, -0.25) is 0 Å². The van der Waals surface area contributed by atoms with Gasteiger partial charge < -0.3 is 5.11 Å². The van der Waals surface area contributed by atoms with Crippen LogP contribution >= 0.6 is 11.3 Å². The average molecular weight is 231 g/mol. The third-order valence-electron chi connectivity index (χ3n) is 2.50. The van der Waals surface area contributed by atoms with E-state index in [0.29, 0.717) is 5.69 Å². The Morgan fingerprint density at radius 1 is 1.40 bits per heavy atom. The molecule has 0 amide bonds. The lowest BCUT2D eigenvalue weighted by Gasteiger charge is -2.29. The van der Waals surface area contributed by atoms with Crippen LogP contribution in [0.25, 0.3) is 0 Å². The van der Waals surface area contributed by atoms with Gasteiger partial charge in [0.05, 0.1) is 10.7 Å². The third kappa shape index (κ3) is 2.08. The van der Waals surface area contributed by atoms with Crippen molar-refractivity contribution in [2.24, 2.45) is 0 Å². The van der Waals surface area contributed by atoms with Crippen LogP contribution in [-0.2, 0) is 5.60 Å². The Morgan fingerprint density at radius 2 is 2.13 bits per heavy atom. The number of thiazole rings is 1. The Hall–Kier alpha value is -0.810. The second kappa shape index (κ2) is 3.35. The summed E-state index contributed by atoms with van der Waals surface area (Å²) in [6.07, 6.45) is 1.60. The number of hydrogen-bond donors (Lipinski definition) is 1. The molecule has 0 fully saturated rings. The lowest BCUT2D eigenvalue weighted by Crippen LogP contribution is -2.31. The zero-order valence-corrected chi connectivity index (χ0v) is 9.02. The molecule has 0 saturated carbocycles. The Balaban J connectivity index is 2.30. The number of allylic oxidation sites excluding steroid dienone is 1. The molecule has 1 N–H and O–H groups in total. The molecule has 5 heteroatoms. The molecule has 1 heterocycles. The maximum atomic E-state index is 12.9. The smallest absolute Gasteiger partial charge is 0.266 e. The summed E-state index contributed by atoms with van der Waals surface area (Å²) in [6, 6.07) is 0. The number of aliphatic hydroxyl groups is 1. The van der Waals surface area contributed by atoms with Crippen LogP contribution in [0.3, 0.4) is 0 Å². The predicted molar refractivity (Wildman–Crippen MR) is 54.1 cm³/mol. The van der Waals surface area contributed by atoms with Gasteiger partial charge in [0, 0.05) is 11.8 Å². The first kappa shape index (κ1) is 10.7. The lowest BCUT2D eigenvalue weighted by molar-refractivity contribution is -0.0151. The molecule has 82 valence electrons. The molecule has 1 unspecified atom stereocenters. The molecular weight excluding hydrogens is 220 g/mol. The van der Waals surface area contributed by atoms with Crippen LogP contribution < -0.4 is 0 Å². The number of rotatable bonds is 1. The molecule has 1 aromatic rings. The molecule has 15 heavy (non-hydrogen) atoms. The highest BCUT2D eigenvalue weighted by Crippen LogP contribution is 2.38. The lowest BCUT2D eigenvalue weighted by atomic mass is 9.87. The van der Waals surface area contributed by atoms with Gasteiger partial charge in [0.15, 0.2) is 0 Å². The number of halogens is 2. The van der Waals surface area contributed by atoms with E-state index in [-0.39, 0.29) is 12.8 Å². The molecule has 0 aromatic carbocycles. The summed E-state index contributed by atoms with van der Waals surface area (Å²) in [5.74, 6) is -2.79. The SMILES string of the molecule is Cc1nc(C2(O)C=CC(F)(F)CC2)cs1. The topological polar surface area (TPSA) is 33.1 Å². The summed E-state index contributed by atoms with van der Waals surface area (Å²) in [6.45, 7) is 1.82. The van der Waals surface area contributed by atoms with Gasteiger partial charge in [-0.25, -0.2) is 13.8 Å². The molecule has 2 nitrogen and oxygen atoms in total. The number of aryl methyl sites for hydroxylation is 1. The fourth-order valence-electron chi connectivity index (χ4n) is 1.56. The quantitative estimate of drug-likeness (QED) is 0.754. The van der Waals surface area contributed by atoms with Crippen molar-refractivity contribution in [2.45, 2.75) is 31.3 Å². The zero-order chi connectivity index (χ0) is 11.1. The highest BCUT2D eigenvalue weighted by molar-refractivity contribution is 7.09. The average Bonchev–Trinajstić information content (AvgIpc) is 2.59. The molecule has 0 radical (unpaired) electrons. The van der Waals surface area contributed by atoms with Crippen LogP contribution in [0.2, 0.25) is 0 Å². The van der Waals surface area contributed by atoms with E-state index in [0.717, 1.165) is 17.2 Å². The van der Waals surface area contributed by atoms with Crippen LogP contribution in [0.4, 0.5) is 8.78 Å². The summed E-state index contributed by atoms with van der Waals surface area (Å²) in [7, 11) is 0. The molecular formula is C10H11F2NOS. The fraction of sp³-hybridized carbons (Fsp3) is 0.500. The second-order valence-corrected chi connectivity index (χ2v) is 4.83. The van der Waals surface area contributed by atoms with E-state index in [1.165, 1.54) is 11.3 Å². The van der Waals surface area contributed by atoms with E-state index in [2.05, 4.69) is 4.98 Å². The van der Waals surface area contributed by atoms with Crippen molar-refractivity contribution >= 4 is 11.3 Å². The zero-order valence-electron chi connectivity index (χ0n) is 8.20. The first-order valence-electron chi connectivity index (χ1n) is 4.65. The van der Waals surface area contributed by atoms with Gasteiger partial charge in [-0.15, -0.1) is 11.3 Å². The van der Waals surface area contributed by atoms with E-state index in [1.807, 2.05) is 6.92 Å². The molecule has 2 rings (SSSR count). The number of nitrogens with zero attached hydrogens (tertiary/aromatic N) is 1. The molecule has 1 aromatic heterocycles. The molecule has 0 spiro atoms. The summed E-state index contributed by atoms with van der Waals surface area (Å²) in [5.41, 5.74) is -0.844. The Kier molecular flexibility index (Phi) is 2.39. The number of alkyl halides is 2. The molecule has 0 aliphatic heterocycles. The minimum absolute atomic E-state index is 0.0136. The van der Waals surface area contributed by atoms with Crippen LogP contribution in [0.15, 0.2) is 17.5 Å². The molecule has 1 aliphatic carbocycles. The monoisotopic (exact) mass is 231 g/mol. The van der Waals surface area contributed by atoms with Gasteiger partial charge >= 0.3 is 0 Å². The van der Waals surface area contributed by atoms with Gasteiger partial charge in [-0.05, 0) is 25.5 Å². The van der Waals surface area contributed by atoms with Crippen molar-refractivity contribution in [1.29, 1.82) is 0 Å². The van der Waals surface area contributed by atoms with Gasteiger partial charge in [-0.1, -0.05) is 0 Å². The van der Waals surface area contributed by atoms with Gasteiger partial charge in [0.1, 0.15) is 5.60 Å². The highest BCUT2D eigenvalue weighted by Gasteiger charge is 2.39. The number of hydrogen-bond acceptors (Lipinski definition) is 3. The fourth-order valence-corrected chi connectivity index (χ4v) is 2.25. The maximum absolute atomic E-state index is 12.9.